The first-order valence-corrected chi connectivity index (χ1v) is 4.38. The van der Waals surface area contributed by atoms with Crippen molar-refractivity contribution in [3.63, 3.8) is 0 Å². The van der Waals surface area contributed by atoms with E-state index >= 15 is 0 Å². The maximum atomic E-state index is 10.5. The molecule has 0 spiro atoms. The summed E-state index contributed by atoms with van der Waals surface area (Å²) in [6.07, 6.45) is 3.99. The summed E-state index contributed by atoms with van der Waals surface area (Å²) in [5, 5.41) is 3.05. The molecule has 0 heterocycles. The molecular weight excluding hydrogens is 150 g/mol. The van der Waals surface area contributed by atoms with Crippen molar-refractivity contribution >= 4 is 0 Å². The van der Waals surface area contributed by atoms with Crippen LogP contribution in [-0.2, 0) is 0 Å². The first-order chi connectivity index (χ1) is 5.65. The largest absolute Gasteiger partial charge is 0.145 e. The monoisotopic (exact) mass is 165 g/mol. The Balaban J connectivity index is 2.99. The quantitative estimate of drug-likeness (QED) is 0.576. The van der Waals surface area contributed by atoms with Gasteiger partial charge in [-0.15, -0.1) is 4.91 Å². The molecule has 0 bridgehead atoms. The molecule has 2 heteroatoms. The Labute approximate surface area is 73.3 Å². The molecule has 0 unspecified atom stereocenters. The molecule has 0 saturated carbocycles. The van der Waals surface area contributed by atoms with Gasteiger partial charge in [0.15, 0.2) is 0 Å². The van der Waals surface area contributed by atoms with Crippen LogP contribution in [0.4, 0.5) is 0 Å². The van der Waals surface area contributed by atoms with Crippen LogP contribution in [0.25, 0.3) is 0 Å². The van der Waals surface area contributed by atoms with Crippen LogP contribution < -0.4 is 0 Å². The van der Waals surface area contributed by atoms with E-state index in [9.17, 15) is 4.91 Å². The summed E-state index contributed by atoms with van der Waals surface area (Å²) in [6.45, 7) is 6.26. The second-order valence-electron chi connectivity index (χ2n) is 3.65. The van der Waals surface area contributed by atoms with Gasteiger partial charge in [0, 0.05) is 0 Å². The maximum absolute atomic E-state index is 10.5. The summed E-state index contributed by atoms with van der Waals surface area (Å²) in [7, 11) is 0. The Kier molecular flexibility index (Phi) is 2.79. The molecule has 0 N–H and O–H groups in total. The molecule has 0 aromatic carbocycles. The lowest BCUT2D eigenvalue weighted by Crippen LogP contribution is -2.02. The van der Waals surface area contributed by atoms with Gasteiger partial charge in [0.1, 0.15) is 5.70 Å². The summed E-state index contributed by atoms with van der Waals surface area (Å²) >= 11 is 0. The fraction of sp³-hybridized carbons (Fsp3) is 0.600. The highest BCUT2D eigenvalue weighted by molar-refractivity contribution is 5.32. The van der Waals surface area contributed by atoms with E-state index < -0.39 is 0 Å². The first kappa shape index (κ1) is 9.17. The summed E-state index contributed by atoms with van der Waals surface area (Å²) in [5.41, 5.74) is 3.12. The van der Waals surface area contributed by atoms with E-state index in [0.29, 0.717) is 11.6 Å². The molecule has 0 aromatic heterocycles. The van der Waals surface area contributed by atoms with Crippen molar-refractivity contribution < 1.29 is 0 Å². The molecule has 0 amide bonds. The molecule has 1 aliphatic carbocycles. The average molecular weight is 165 g/mol. The minimum atomic E-state index is 0.446. The minimum absolute atomic E-state index is 0.446. The SMILES string of the molecule is CC1=CC(N=O)=C(C(C)C)CC1. The predicted molar refractivity (Wildman–Crippen MR) is 50.7 cm³/mol. The Morgan fingerprint density at radius 2 is 2.08 bits per heavy atom. The van der Waals surface area contributed by atoms with Crippen LogP contribution in [0, 0.1) is 10.8 Å². The van der Waals surface area contributed by atoms with Gasteiger partial charge >= 0.3 is 0 Å². The lowest BCUT2D eigenvalue weighted by atomic mass is 9.90. The molecule has 66 valence electrons. The molecule has 0 fully saturated rings. The molecule has 0 atom stereocenters. The molecule has 0 radical (unpaired) electrons. The van der Waals surface area contributed by atoms with Gasteiger partial charge in [-0.3, -0.25) is 0 Å². The van der Waals surface area contributed by atoms with Crippen LogP contribution in [-0.4, -0.2) is 0 Å². The van der Waals surface area contributed by atoms with Crippen LogP contribution >= 0.6 is 0 Å². The second kappa shape index (κ2) is 3.65. The summed E-state index contributed by atoms with van der Waals surface area (Å²) in [6, 6.07) is 0. The number of rotatable bonds is 2. The van der Waals surface area contributed by atoms with Gasteiger partial charge < -0.3 is 0 Å². The molecule has 1 aliphatic rings. The van der Waals surface area contributed by atoms with Crippen molar-refractivity contribution in [1.29, 1.82) is 0 Å². The van der Waals surface area contributed by atoms with Crippen LogP contribution in [0.1, 0.15) is 33.6 Å². The topological polar surface area (TPSA) is 29.4 Å². The highest BCUT2D eigenvalue weighted by Crippen LogP contribution is 2.29. The highest BCUT2D eigenvalue weighted by atomic mass is 16.3. The third kappa shape index (κ3) is 1.81. The molecule has 0 aromatic rings. The van der Waals surface area contributed by atoms with Crippen LogP contribution in [0.5, 0.6) is 0 Å². The van der Waals surface area contributed by atoms with Gasteiger partial charge in [-0.1, -0.05) is 19.4 Å². The fourth-order valence-corrected chi connectivity index (χ4v) is 1.53. The number of hydrogen-bond donors (Lipinski definition) is 0. The number of allylic oxidation sites excluding steroid dienone is 3. The standard InChI is InChI=1S/C10H15NO/c1-7(2)9-5-4-8(3)6-10(9)11-12/h6-7H,4-5H2,1-3H3. The van der Waals surface area contributed by atoms with E-state index in [1.807, 2.05) is 13.0 Å². The second-order valence-corrected chi connectivity index (χ2v) is 3.65. The Morgan fingerprint density at radius 3 is 2.58 bits per heavy atom. The van der Waals surface area contributed by atoms with Crippen molar-refractivity contribution in [2.45, 2.75) is 33.6 Å². The van der Waals surface area contributed by atoms with E-state index in [4.69, 9.17) is 0 Å². The zero-order valence-electron chi connectivity index (χ0n) is 7.92. The van der Waals surface area contributed by atoms with Gasteiger partial charge in [0.05, 0.1) is 0 Å². The van der Waals surface area contributed by atoms with Crippen molar-refractivity contribution in [1.82, 2.24) is 0 Å². The third-order valence-corrected chi connectivity index (χ3v) is 2.30. The molecule has 12 heavy (non-hydrogen) atoms. The molecule has 2 nitrogen and oxygen atoms in total. The predicted octanol–water partition coefficient (Wildman–Crippen LogP) is 3.40. The third-order valence-electron chi connectivity index (χ3n) is 2.30. The molecule has 0 saturated heterocycles. The summed E-state index contributed by atoms with van der Waals surface area (Å²) < 4.78 is 0. The van der Waals surface area contributed by atoms with Crippen LogP contribution in [0.3, 0.4) is 0 Å². The zero-order valence-corrected chi connectivity index (χ0v) is 7.92. The van der Waals surface area contributed by atoms with Crippen molar-refractivity contribution in [3.8, 4) is 0 Å². The van der Waals surface area contributed by atoms with Crippen molar-refractivity contribution in [2.75, 3.05) is 0 Å². The molecule has 1 rings (SSSR count). The summed E-state index contributed by atoms with van der Waals surface area (Å²) in [5.74, 6) is 0.446. The number of hydrogen-bond acceptors (Lipinski definition) is 2. The molecular formula is C10H15NO. The lowest BCUT2D eigenvalue weighted by Gasteiger charge is -2.17. The van der Waals surface area contributed by atoms with E-state index in [2.05, 4.69) is 19.0 Å². The average Bonchev–Trinajstić information content (AvgIpc) is 2.03. The first-order valence-electron chi connectivity index (χ1n) is 4.38. The number of nitroso groups, excluding NO2 is 1. The van der Waals surface area contributed by atoms with E-state index in [-0.39, 0.29) is 0 Å². The van der Waals surface area contributed by atoms with Gasteiger partial charge in [0.25, 0.3) is 0 Å². The zero-order chi connectivity index (χ0) is 9.14. The van der Waals surface area contributed by atoms with Crippen molar-refractivity contribution in [3.05, 3.63) is 27.8 Å². The summed E-state index contributed by atoms with van der Waals surface area (Å²) in [4.78, 5) is 10.5. The van der Waals surface area contributed by atoms with E-state index in [0.717, 1.165) is 12.8 Å². The van der Waals surface area contributed by atoms with Crippen molar-refractivity contribution in [2.24, 2.45) is 11.1 Å². The minimum Gasteiger partial charge on any atom is -0.145 e. The van der Waals surface area contributed by atoms with Gasteiger partial charge in [0.2, 0.25) is 0 Å². The van der Waals surface area contributed by atoms with Gasteiger partial charge in [-0.25, -0.2) is 0 Å². The highest BCUT2D eigenvalue weighted by Gasteiger charge is 2.14. The fourth-order valence-electron chi connectivity index (χ4n) is 1.53. The number of nitrogens with zero attached hydrogens (tertiary/aromatic N) is 1. The normalized spacial score (nSPS) is 18.2. The Bertz CT molecular complexity index is 249. The van der Waals surface area contributed by atoms with E-state index in [1.54, 1.807) is 0 Å². The molecule has 0 aliphatic heterocycles. The lowest BCUT2D eigenvalue weighted by molar-refractivity contribution is 0.687. The Hall–Kier alpha value is -0.920. The Morgan fingerprint density at radius 1 is 1.42 bits per heavy atom. The van der Waals surface area contributed by atoms with Gasteiger partial charge in [-0.2, -0.15) is 0 Å². The van der Waals surface area contributed by atoms with E-state index in [1.165, 1.54) is 11.1 Å². The van der Waals surface area contributed by atoms with Gasteiger partial charge in [-0.05, 0) is 42.5 Å². The smallest absolute Gasteiger partial charge is 0.107 e. The van der Waals surface area contributed by atoms with Crippen LogP contribution in [0.2, 0.25) is 0 Å². The van der Waals surface area contributed by atoms with Crippen LogP contribution in [0.15, 0.2) is 28.1 Å². The maximum Gasteiger partial charge on any atom is 0.107 e.